The smallest absolute Gasteiger partial charge is 0.271 e. The van der Waals surface area contributed by atoms with Crippen molar-refractivity contribution in [3.05, 3.63) is 0 Å². The lowest BCUT2D eigenvalue weighted by molar-refractivity contribution is 0.603. The highest BCUT2D eigenvalue weighted by atomic mass is 32.2. The van der Waals surface area contributed by atoms with Crippen LogP contribution in [-0.4, -0.2) is 20.8 Å². The first-order valence-corrected chi connectivity index (χ1v) is 6.79. The molecule has 0 aromatic rings. The maximum atomic E-state index is 12.2. The highest BCUT2D eigenvalue weighted by Gasteiger charge is 2.26. The minimum atomic E-state index is -3.71. The zero-order chi connectivity index (χ0) is 7.33. The first kappa shape index (κ1) is 9.43. The Morgan fingerprint density at radius 3 is 2.33 bits per heavy atom. The Bertz CT molecular complexity index is 71.8. The lowest BCUT2D eigenvalue weighted by Gasteiger charge is -2.03. The predicted octanol–water partition coefficient (Wildman–Crippen LogP) is 2.75. The molecule has 0 radical (unpaired) electrons. The van der Waals surface area contributed by atoms with E-state index in [0.29, 0.717) is 6.42 Å². The Hall–Kier alpha value is 0.427. The van der Waals surface area contributed by atoms with Crippen molar-refractivity contribution in [2.45, 2.75) is 19.0 Å². The van der Waals surface area contributed by atoms with Gasteiger partial charge in [0.25, 0.3) is 0 Å². The molecule has 0 N–H and O–H groups in total. The SMILES string of the molecule is CSCCC[Si](C)(F)F. The topological polar surface area (TPSA) is 0 Å². The molecule has 0 aromatic carbocycles. The van der Waals surface area contributed by atoms with E-state index in [1.807, 2.05) is 6.26 Å². The standard InChI is InChI=1S/C5H12F2SSi/c1-8-4-3-5-9(2,6)7/h3-5H2,1-2H3. The summed E-state index contributed by atoms with van der Waals surface area (Å²) in [4.78, 5) is 0. The number of hydrogen-bond acceptors (Lipinski definition) is 1. The number of halogens is 2. The molecule has 9 heavy (non-hydrogen) atoms. The molecule has 4 heteroatoms. The Morgan fingerprint density at radius 1 is 1.44 bits per heavy atom. The third kappa shape index (κ3) is 8.43. The van der Waals surface area contributed by atoms with Gasteiger partial charge in [-0.1, -0.05) is 0 Å². The molecule has 0 aliphatic heterocycles. The van der Waals surface area contributed by atoms with Crippen LogP contribution in [0.25, 0.3) is 0 Å². The van der Waals surface area contributed by atoms with Crippen LogP contribution in [0.3, 0.4) is 0 Å². The van der Waals surface area contributed by atoms with Gasteiger partial charge < -0.3 is 0 Å². The Morgan fingerprint density at radius 2 is 2.00 bits per heavy atom. The van der Waals surface area contributed by atoms with Crippen LogP contribution in [0.4, 0.5) is 8.22 Å². The summed E-state index contributed by atoms with van der Waals surface area (Å²) in [5.74, 6) is 0.871. The second-order valence-electron chi connectivity index (χ2n) is 2.17. The summed E-state index contributed by atoms with van der Waals surface area (Å²) in [7, 11) is -3.71. The van der Waals surface area contributed by atoms with Gasteiger partial charge in [0.1, 0.15) is 0 Å². The molecule has 0 atom stereocenters. The summed E-state index contributed by atoms with van der Waals surface area (Å²) in [5, 5.41) is 0. The first-order chi connectivity index (χ1) is 4.06. The average Bonchev–Trinajstić information content (AvgIpc) is 1.63. The van der Waals surface area contributed by atoms with E-state index >= 15 is 0 Å². The fourth-order valence-electron chi connectivity index (χ4n) is 0.527. The quantitative estimate of drug-likeness (QED) is 0.355. The number of thioether (sulfide) groups is 1. The zero-order valence-electron chi connectivity index (χ0n) is 5.79. The lowest BCUT2D eigenvalue weighted by atomic mass is 10.6. The molecule has 0 spiro atoms. The minimum Gasteiger partial charge on any atom is -0.271 e. The Labute approximate surface area is 60.4 Å². The van der Waals surface area contributed by atoms with Crippen LogP contribution in [0.2, 0.25) is 12.6 Å². The van der Waals surface area contributed by atoms with Crippen molar-refractivity contribution in [3.8, 4) is 0 Å². The molecule has 0 nitrogen and oxygen atoms in total. The van der Waals surface area contributed by atoms with Gasteiger partial charge in [0, 0.05) is 0 Å². The lowest BCUT2D eigenvalue weighted by Crippen LogP contribution is -2.15. The van der Waals surface area contributed by atoms with E-state index < -0.39 is 8.74 Å². The van der Waals surface area contributed by atoms with Crippen LogP contribution in [0.15, 0.2) is 0 Å². The summed E-state index contributed by atoms with van der Waals surface area (Å²) in [6, 6.07) is 0.161. The van der Waals surface area contributed by atoms with Crippen LogP contribution in [-0.2, 0) is 0 Å². The van der Waals surface area contributed by atoms with E-state index in [1.165, 1.54) is 0 Å². The van der Waals surface area contributed by atoms with Gasteiger partial charge in [-0.3, -0.25) is 8.22 Å². The van der Waals surface area contributed by atoms with Gasteiger partial charge in [0.15, 0.2) is 0 Å². The van der Waals surface area contributed by atoms with Crippen molar-refractivity contribution < 1.29 is 8.22 Å². The molecule has 0 aliphatic carbocycles. The second-order valence-corrected chi connectivity index (χ2v) is 5.79. The largest absolute Gasteiger partial charge is 0.422 e. The van der Waals surface area contributed by atoms with Crippen molar-refractivity contribution in [3.63, 3.8) is 0 Å². The molecule has 0 aliphatic rings. The van der Waals surface area contributed by atoms with E-state index in [9.17, 15) is 8.22 Å². The van der Waals surface area contributed by atoms with Crippen molar-refractivity contribution in [1.29, 1.82) is 0 Å². The molecule has 56 valence electrons. The normalized spacial score (nSPS) is 12.0. The summed E-state index contributed by atoms with van der Waals surface area (Å²) in [5.41, 5.74) is 0. The minimum absolute atomic E-state index is 0.161. The van der Waals surface area contributed by atoms with Crippen molar-refractivity contribution in [1.82, 2.24) is 0 Å². The summed E-state index contributed by atoms with van der Waals surface area (Å²) in [6.45, 7) is 1.10. The summed E-state index contributed by atoms with van der Waals surface area (Å²) < 4.78 is 24.4. The first-order valence-electron chi connectivity index (χ1n) is 2.93. The van der Waals surface area contributed by atoms with E-state index in [2.05, 4.69) is 0 Å². The monoisotopic (exact) mass is 170 g/mol. The van der Waals surface area contributed by atoms with Gasteiger partial charge in [-0.15, -0.1) is 0 Å². The molecule has 0 unspecified atom stereocenters. The average molecular weight is 170 g/mol. The molecule has 0 bridgehead atoms. The van der Waals surface area contributed by atoms with Gasteiger partial charge in [-0.25, -0.2) is 0 Å². The van der Waals surface area contributed by atoms with Crippen molar-refractivity contribution in [2.24, 2.45) is 0 Å². The fourth-order valence-corrected chi connectivity index (χ4v) is 2.01. The number of hydrogen-bond donors (Lipinski definition) is 0. The Balaban J connectivity index is 3.07. The van der Waals surface area contributed by atoms with Crippen LogP contribution in [0, 0.1) is 0 Å². The zero-order valence-corrected chi connectivity index (χ0v) is 7.60. The molecule has 0 rings (SSSR count). The number of rotatable bonds is 4. The highest BCUT2D eigenvalue weighted by Crippen LogP contribution is 2.15. The summed E-state index contributed by atoms with van der Waals surface area (Å²) >= 11 is 1.63. The highest BCUT2D eigenvalue weighted by molar-refractivity contribution is 7.98. The molecule has 0 heterocycles. The van der Waals surface area contributed by atoms with Gasteiger partial charge in [0.05, 0.1) is 0 Å². The molecule has 0 fully saturated rings. The molecule has 0 amide bonds. The van der Waals surface area contributed by atoms with Crippen molar-refractivity contribution >= 4 is 20.5 Å². The predicted molar refractivity (Wildman–Crippen MR) is 41.6 cm³/mol. The van der Waals surface area contributed by atoms with Gasteiger partial charge in [-0.2, -0.15) is 11.8 Å². The van der Waals surface area contributed by atoms with Gasteiger partial charge in [-0.05, 0) is 31.0 Å². The van der Waals surface area contributed by atoms with Crippen LogP contribution in [0.5, 0.6) is 0 Å². The fraction of sp³-hybridized carbons (Fsp3) is 1.00. The maximum Gasteiger partial charge on any atom is 0.422 e. The van der Waals surface area contributed by atoms with Gasteiger partial charge in [0.2, 0.25) is 0 Å². The van der Waals surface area contributed by atoms with Gasteiger partial charge >= 0.3 is 8.74 Å². The molecule has 0 saturated heterocycles. The summed E-state index contributed by atoms with van der Waals surface area (Å²) in [6.07, 6.45) is 2.62. The van der Waals surface area contributed by atoms with E-state index in [4.69, 9.17) is 0 Å². The van der Waals surface area contributed by atoms with Crippen LogP contribution >= 0.6 is 11.8 Å². The van der Waals surface area contributed by atoms with Crippen LogP contribution < -0.4 is 0 Å². The van der Waals surface area contributed by atoms with E-state index in [-0.39, 0.29) is 6.04 Å². The van der Waals surface area contributed by atoms with E-state index in [1.54, 1.807) is 11.8 Å². The second kappa shape index (κ2) is 4.28. The molecule has 0 aromatic heterocycles. The molecular weight excluding hydrogens is 158 g/mol. The maximum absolute atomic E-state index is 12.2. The van der Waals surface area contributed by atoms with E-state index in [0.717, 1.165) is 12.3 Å². The van der Waals surface area contributed by atoms with Crippen LogP contribution in [0.1, 0.15) is 6.42 Å². The Kier molecular flexibility index (Phi) is 4.48. The third-order valence-corrected chi connectivity index (χ3v) is 2.89. The molecule has 0 saturated carbocycles. The van der Waals surface area contributed by atoms with Crippen molar-refractivity contribution in [2.75, 3.05) is 12.0 Å². The molecular formula is C5H12F2SSi. The third-order valence-electron chi connectivity index (χ3n) is 0.964.